The van der Waals surface area contributed by atoms with Crippen LogP contribution in [0.2, 0.25) is 0 Å². The molecular weight excluding hydrogens is 244 g/mol. The fourth-order valence-electron chi connectivity index (χ4n) is 3.19. The summed E-state index contributed by atoms with van der Waals surface area (Å²) in [6, 6.07) is 15.3. The van der Waals surface area contributed by atoms with Crippen LogP contribution in [0.25, 0.3) is 0 Å². The Morgan fingerprint density at radius 1 is 1.00 bits per heavy atom. The van der Waals surface area contributed by atoms with Gasteiger partial charge in [-0.2, -0.15) is 0 Å². The molecule has 106 valence electrons. The molecule has 0 atom stereocenters. The quantitative estimate of drug-likeness (QED) is 0.824. The van der Waals surface area contributed by atoms with E-state index in [0.717, 1.165) is 12.5 Å². The van der Waals surface area contributed by atoms with Gasteiger partial charge in [-0.05, 0) is 56.0 Å². The van der Waals surface area contributed by atoms with E-state index in [1.807, 2.05) is 0 Å². The SMILES string of the molecule is Cn1cccc1CN1CCC(Cc2ccccc2)CC1. The zero-order valence-electron chi connectivity index (χ0n) is 12.3. The Kier molecular flexibility index (Phi) is 4.22. The number of aryl methyl sites for hydroxylation is 1. The molecule has 2 aromatic rings. The van der Waals surface area contributed by atoms with E-state index in [1.54, 1.807) is 0 Å². The molecule has 0 radical (unpaired) electrons. The van der Waals surface area contributed by atoms with Gasteiger partial charge in [-0.3, -0.25) is 4.90 Å². The van der Waals surface area contributed by atoms with Gasteiger partial charge < -0.3 is 4.57 Å². The average molecular weight is 268 g/mol. The first-order valence-corrected chi connectivity index (χ1v) is 7.68. The zero-order chi connectivity index (χ0) is 13.8. The zero-order valence-corrected chi connectivity index (χ0v) is 12.3. The first kappa shape index (κ1) is 13.4. The second-order valence-electron chi connectivity index (χ2n) is 6.02. The smallest absolute Gasteiger partial charge is 0.0387 e. The number of nitrogens with zero attached hydrogens (tertiary/aromatic N) is 2. The molecule has 0 bridgehead atoms. The minimum atomic E-state index is 0.863. The van der Waals surface area contributed by atoms with E-state index in [4.69, 9.17) is 0 Å². The Balaban J connectivity index is 1.49. The largest absolute Gasteiger partial charge is 0.353 e. The molecule has 2 heterocycles. The summed E-state index contributed by atoms with van der Waals surface area (Å²) in [4.78, 5) is 2.59. The third-order valence-corrected chi connectivity index (χ3v) is 4.51. The summed E-state index contributed by atoms with van der Waals surface area (Å²) in [5.74, 6) is 0.863. The van der Waals surface area contributed by atoms with Crippen LogP contribution >= 0.6 is 0 Å². The number of hydrogen-bond acceptors (Lipinski definition) is 1. The van der Waals surface area contributed by atoms with E-state index in [-0.39, 0.29) is 0 Å². The third-order valence-electron chi connectivity index (χ3n) is 4.51. The van der Waals surface area contributed by atoms with Crippen molar-refractivity contribution in [2.24, 2.45) is 13.0 Å². The van der Waals surface area contributed by atoms with Crippen molar-refractivity contribution in [3.8, 4) is 0 Å². The van der Waals surface area contributed by atoms with Crippen molar-refractivity contribution in [1.29, 1.82) is 0 Å². The van der Waals surface area contributed by atoms with Gasteiger partial charge in [0.15, 0.2) is 0 Å². The lowest BCUT2D eigenvalue weighted by Crippen LogP contribution is -2.34. The summed E-state index contributed by atoms with van der Waals surface area (Å²) in [7, 11) is 2.14. The van der Waals surface area contributed by atoms with Crippen LogP contribution in [0, 0.1) is 5.92 Å². The van der Waals surface area contributed by atoms with Crippen LogP contribution in [0.5, 0.6) is 0 Å². The lowest BCUT2D eigenvalue weighted by Gasteiger charge is -2.32. The Hall–Kier alpha value is -1.54. The molecule has 0 amide bonds. The maximum Gasteiger partial charge on any atom is 0.0387 e. The molecule has 1 fully saturated rings. The molecule has 1 aromatic heterocycles. The van der Waals surface area contributed by atoms with Crippen molar-refractivity contribution in [2.45, 2.75) is 25.8 Å². The fourth-order valence-corrected chi connectivity index (χ4v) is 3.19. The number of aromatic nitrogens is 1. The topological polar surface area (TPSA) is 8.17 Å². The van der Waals surface area contributed by atoms with E-state index in [1.165, 1.54) is 43.6 Å². The second kappa shape index (κ2) is 6.27. The monoisotopic (exact) mass is 268 g/mol. The van der Waals surface area contributed by atoms with Gasteiger partial charge in [-0.1, -0.05) is 30.3 Å². The van der Waals surface area contributed by atoms with E-state index in [2.05, 4.69) is 65.2 Å². The van der Waals surface area contributed by atoms with E-state index in [9.17, 15) is 0 Å². The Morgan fingerprint density at radius 2 is 1.75 bits per heavy atom. The first-order valence-electron chi connectivity index (χ1n) is 7.68. The molecule has 0 N–H and O–H groups in total. The van der Waals surface area contributed by atoms with Gasteiger partial charge in [-0.25, -0.2) is 0 Å². The van der Waals surface area contributed by atoms with Crippen LogP contribution in [0.15, 0.2) is 48.7 Å². The summed E-state index contributed by atoms with van der Waals surface area (Å²) in [5.41, 5.74) is 2.92. The Morgan fingerprint density at radius 3 is 2.40 bits per heavy atom. The van der Waals surface area contributed by atoms with Crippen LogP contribution in [0.4, 0.5) is 0 Å². The highest BCUT2D eigenvalue weighted by atomic mass is 15.1. The molecule has 2 nitrogen and oxygen atoms in total. The lowest BCUT2D eigenvalue weighted by atomic mass is 9.90. The van der Waals surface area contributed by atoms with Crippen LogP contribution < -0.4 is 0 Å². The molecule has 1 aliphatic rings. The van der Waals surface area contributed by atoms with Crippen molar-refractivity contribution in [3.05, 3.63) is 59.9 Å². The van der Waals surface area contributed by atoms with Crippen molar-refractivity contribution < 1.29 is 0 Å². The molecule has 0 aliphatic carbocycles. The summed E-state index contributed by atoms with van der Waals surface area (Å²) >= 11 is 0. The number of rotatable bonds is 4. The van der Waals surface area contributed by atoms with Crippen LogP contribution in [-0.2, 0) is 20.0 Å². The van der Waals surface area contributed by atoms with E-state index in [0.29, 0.717) is 0 Å². The van der Waals surface area contributed by atoms with E-state index >= 15 is 0 Å². The predicted octanol–water partition coefficient (Wildman–Crippen LogP) is 3.48. The van der Waals surface area contributed by atoms with Crippen molar-refractivity contribution >= 4 is 0 Å². The fraction of sp³-hybridized carbons (Fsp3) is 0.444. The van der Waals surface area contributed by atoms with Crippen molar-refractivity contribution in [1.82, 2.24) is 9.47 Å². The summed E-state index contributed by atoms with van der Waals surface area (Å²) in [6.07, 6.45) is 6.05. The van der Waals surface area contributed by atoms with Crippen LogP contribution in [0.3, 0.4) is 0 Å². The highest BCUT2D eigenvalue weighted by Gasteiger charge is 2.19. The normalized spacial score (nSPS) is 17.4. The summed E-state index contributed by atoms with van der Waals surface area (Å²) in [6.45, 7) is 3.58. The Bertz CT molecular complexity index is 521. The lowest BCUT2D eigenvalue weighted by molar-refractivity contribution is 0.174. The maximum absolute atomic E-state index is 2.59. The maximum atomic E-state index is 2.59. The molecule has 3 rings (SSSR count). The van der Waals surface area contributed by atoms with Gasteiger partial charge in [0.1, 0.15) is 0 Å². The van der Waals surface area contributed by atoms with Gasteiger partial charge in [0.25, 0.3) is 0 Å². The minimum Gasteiger partial charge on any atom is -0.353 e. The number of hydrogen-bond donors (Lipinski definition) is 0. The van der Waals surface area contributed by atoms with Gasteiger partial charge in [0.2, 0.25) is 0 Å². The predicted molar refractivity (Wildman–Crippen MR) is 83.6 cm³/mol. The van der Waals surface area contributed by atoms with Crippen LogP contribution in [-0.4, -0.2) is 22.6 Å². The Labute approximate surface area is 122 Å². The molecule has 2 heteroatoms. The molecule has 20 heavy (non-hydrogen) atoms. The van der Waals surface area contributed by atoms with Gasteiger partial charge in [0, 0.05) is 25.5 Å². The highest BCUT2D eigenvalue weighted by Crippen LogP contribution is 2.22. The summed E-state index contributed by atoms with van der Waals surface area (Å²) in [5, 5.41) is 0. The molecule has 0 saturated carbocycles. The van der Waals surface area contributed by atoms with Crippen LogP contribution in [0.1, 0.15) is 24.1 Å². The molecular formula is C18H24N2. The molecule has 0 spiro atoms. The van der Waals surface area contributed by atoms with Gasteiger partial charge in [0.05, 0.1) is 0 Å². The second-order valence-corrected chi connectivity index (χ2v) is 6.02. The van der Waals surface area contributed by atoms with E-state index < -0.39 is 0 Å². The first-order chi connectivity index (χ1) is 9.81. The minimum absolute atomic E-state index is 0.863. The summed E-state index contributed by atoms with van der Waals surface area (Å²) < 4.78 is 2.23. The molecule has 0 unspecified atom stereocenters. The number of likely N-dealkylation sites (tertiary alicyclic amines) is 1. The molecule has 1 aromatic carbocycles. The average Bonchev–Trinajstić information content (AvgIpc) is 2.88. The third kappa shape index (κ3) is 3.31. The standard InChI is InChI=1S/C18H24N2/c1-19-11-5-8-18(19)15-20-12-9-17(10-13-20)14-16-6-3-2-4-7-16/h2-8,11,17H,9-10,12-15H2,1H3. The van der Waals surface area contributed by atoms with Crippen molar-refractivity contribution in [3.63, 3.8) is 0 Å². The molecule has 1 saturated heterocycles. The van der Waals surface area contributed by atoms with Crippen molar-refractivity contribution in [2.75, 3.05) is 13.1 Å². The number of benzene rings is 1. The van der Waals surface area contributed by atoms with Gasteiger partial charge >= 0.3 is 0 Å². The highest BCUT2D eigenvalue weighted by molar-refractivity contribution is 5.15. The molecule has 1 aliphatic heterocycles. The number of piperidine rings is 1. The van der Waals surface area contributed by atoms with Gasteiger partial charge in [-0.15, -0.1) is 0 Å².